The fraction of sp³-hybridized carbons (Fsp3) is 0.222. The SMILES string of the molecule is O=C(OC[C@@H]1O[C@H](OC(=O)c2ccccc2)CS1)c1ccccc1. The quantitative estimate of drug-likeness (QED) is 0.777. The van der Waals surface area contributed by atoms with Crippen LogP contribution in [0.5, 0.6) is 0 Å². The van der Waals surface area contributed by atoms with Gasteiger partial charge in [-0.1, -0.05) is 36.4 Å². The van der Waals surface area contributed by atoms with Gasteiger partial charge in [-0.25, -0.2) is 9.59 Å². The van der Waals surface area contributed by atoms with Crippen molar-refractivity contribution in [2.24, 2.45) is 0 Å². The number of carbonyl (C=O) groups is 2. The molecule has 2 aromatic rings. The molecule has 1 aliphatic heterocycles. The van der Waals surface area contributed by atoms with Crippen molar-refractivity contribution in [2.75, 3.05) is 12.4 Å². The van der Waals surface area contributed by atoms with Crippen molar-refractivity contribution in [3.63, 3.8) is 0 Å². The van der Waals surface area contributed by atoms with Crippen molar-refractivity contribution in [3.05, 3.63) is 71.8 Å². The van der Waals surface area contributed by atoms with Gasteiger partial charge in [-0.2, -0.15) is 0 Å². The van der Waals surface area contributed by atoms with E-state index >= 15 is 0 Å². The van der Waals surface area contributed by atoms with Crippen molar-refractivity contribution in [3.8, 4) is 0 Å². The van der Waals surface area contributed by atoms with Gasteiger partial charge in [0.25, 0.3) is 0 Å². The van der Waals surface area contributed by atoms with Crippen molar-refractivity contribution >= 4 is 23.7 Å². The standard InChI is InChI=1S/C18H16O5S/c19-17(13-7-3-1-4-8-13)21-11-16-22-15(12-24-16)23-18(20)14-9-5-2-6-10-14/h1-10,15-16H,11-12H2/t15-,16-/m1/s1. The van der Waals surface area contributed by atoms with Crippen LogP contribution >= 0.6 is 11.8 Å². The van der Waals surface area contributed by atoms with Crippen LogP contribution in [-0.4, -0.2) is 36.0 Å². The Balaban J connectivity index is 1.44. The second-order valence-electron chi connectivity index (χ2n) is 5.06. The van der Waals surface area contributed by atoms with Crippen LogP contribution in [0.2, 0.25) is 0 Å². The Hall–Kier alpha value is -2.31. The molecule has 1 aliphatic rings. The molecule has 6 heteroatoms. The van der Waals surface area contributed by atoms with Gasteiger partial charge in [-0.3, -0.25) is 0 Å². The molecule has 0 radical (unpaired) electrons. The molecule has 0 aromatic heterocycles. The van der Waals surface area contributed by atoms with E-state index in [9.17, 15) is 9.59 Å². The van der Waals surface area contributed by atoms with E-state index < -0.39 is 18.2 Å². The van der Waals surface area contributed by atoms with Crippen LogP contribution in [0.1, 0.15) is 20.7 Å². The lowest BCUT2D eigenvalue weighted by atomic mass is 10.2. The summed E-state index contributed by atoms with van der Waals surface area (Å²) >= 11 is 1.45. The summed E-state index contributed by atoms with van der Waals surface area (Å²) in [6, 6.07) is 17.5. The molecule has 1 heterocycles. The van der Waals surface area contributed by atoms with E-state index in [0.717, 1.165) is 0 Å². The van der Waals surface area contributed by atoms with Crippen molar-refractivity contribution in [1.29, 1.82) is 0 Å². The average molecular weight is 344 g/mol. The molecule has 0 spiro atoms. The van der Waals surface area contributed by atoms with Gasteiger partial charge < -0.3 is 14.2 Å². The van der Waals surface area contributed by atoms with Gasteiger partial charge in [0.15, 0.2) is 0 Å². The fourth-order valence-electron chi connectivity index (χ4n) is 2.15. The number of thioether (sulfide) groups is 1. The first-order chi connectivity index (χ1) is 11.7. The van der Waals surface area contributed by atoms with Gasteiger partial charge in [0.1, 0.15) is 12.0 Å². The smallest absolute Gasteiger partial charge is 0.340 e. The normalized spacial score (nSPS) is 19.7. The average Bonchev–Trinajstić information content (AvgIpc) is 3.08. The molecular formula is C18H16O5S. The monoisotopic (exact) mass is 344 g/mol. The minimum Gasteiger partial charge on any atom is -0.458 e. The van der Waals surface area contributed by atoms with Gasteiger partial charge in [0.05, 0.1) is 16.9 Å². The molecule has 0 amide bonds. The molecule has 0 unspecified atom stereocenters. The highest BCUT2D eigenvalue weighted by atomic mass is 32.2. The number of rotatable bonds is 5. The van der Waals surface area contributed by atoms with Crippen LogP contribution in [-0.2, 0) is 14.2 Å². The topological polar surface area (TPSA) is 61.8 Å². The molecule has 0 aliphatic carbocycles. The number of carbonyl (C=O) groups excluding carboxylic acids is 2. The van der Waals surface area contributed by atoms with Gasteiger partial charge in [-0.05, 0) is 24.3 Å². The second-order valence-corrected chi connectivity index (χ2v) is 6.26. The van der Waals surface area contributed by atoms with Crippen LogP contribution < -0.4 is 0 Å². The summed E-state index contributed by atoms with van der Waals surface area (Å²) in [5.74, 6) is -0.320. The Morgan fingerprint density at radius 1 is 0.958 bits per heavy atom. The number of hydrogen-bond donors (Lipinski definition) is 0. The van der Waals surface area contributed by atoms with Crippen LogP contribution in [0.15, 0.2) is 60.7 Å². The second kappa shape index (κ2) is 7.99. The molecule has 5 nitrogen and oxygen atoms in total. The third kappa shape index (κ3) is 4.37. The summed E-state index contributed by atoms with van der Waals surface area (Å²) in [4.78, 5) is 23.8. The maximum atomic E-state index is 12.0. The lowest BCUT2D eigenvalue weighted by Crippen LogP contribution is -2.23. The molecule has 124 valence electrons. The summed E-state index contributed by atoms with van der Waals surface area (Å²) in [6.07, 6.45) is -0.636. The molecule has 0 N–H and O–H groups in total. The minimum absolute atomic E-state index is 0.109. The Morgan fingerprint density at radius 2 is 1.54 bits per heavy atom. The zero-order chi connectivity index (χ0) is 16.8. The first-order valence-electron chi connectivity index (χ1n) is 7.47. The van der Waals surface area contributed by atoms with E-state index in [1.165, 1.54) is 11.8 Å². The lowest BCUT2D eigenvalue weighted by Gasteiger charge is -2.13. The van der Waals surface area contributed by atoms with Crippen LogP contribution in [0.25, 0.3) is 0 Å². The Morgan fingerprint density at radius 3 is 2.17 bits per heavy atom. The predicted molar refractivity (Wildman–Crippen MR) is 89.7 cm³/mol. The molecule has 2 atom stereocenters. The van der Waals surface area contributed by atoms with Crippen LogP contribution in [0, 0.1) is 0 Å². The van der Waals surface area contributed by atoms with Crippen molar-refractivity contribution < 1.29 is 23.8 Å². The largest absolute Gasteiger partial charge is 0.458 e. The third-order valence-corrected chi connectivity index (χ3v) is 4.41. The molecule has 24 heavy (non-hydrogen) atoms. The zero-order valence-electron chi connectivity index (χ0n) is 12.8. The Bertz CT molecular complexity index is 689. The fourth-order valence-corrected chi connectivity index (χ4v) is 3.03. The van der Waals surface area contributed by atoms with Gasteiger partial charge in [-0.15, -0.1) is 11.8 Å². The summed E-state index contributed by atoms with van der Waals surface area (Å²) in [7, 11) is 0. The van der Waals surface area contributed by atoms with Crippen molar-refractivity contribution in [1.82, 2.24) is 0 Å². The molecule has 0 bridgehead atoms. The van der Waals surface area contributed by atoms with Crippen LogP contribution in [0.4, 0.5) is 0 Å². The van der Waals surface area contributed by atoms with E-state index in [2.05, 4.69) is 0 Å². The molecule has 1 fully saturated rings. The highest BCUT2D eigenvalue weighted by Crippen LogP contribution is 2.27. The Labute approximate surface area is 143 Å². The van der Waals surface area contributed by atoms with E-state index in [1.807, 2.05) is 12.1 Å². The number of esters is 2. The molecule has 0 saturated carbocycles. The highest BCUT2D eigenvalue weighted by molar-refractivity contribution is 8.00. The predicted octanol–water partition coefficient (Wildman–Crippen LogP) is 3.12. The number of ether oxygens (including phenoxy) is 3. The van der Waals surface area contributed by atoms with Gasteiger partial charge in [0, 0.05) is 0 Å². The molecule has 3 rings (SSSR count). The minimum atomic E-state index is -0.636. The van der Waals surface area contributed by atoms with Crippen LogP contribution in [0.3, 0.4) is 0 Å². The molecular weight excluding hydrogens is 328 g/mol. The molecule has 2 aromatic carbocycles. The Kier molecular flexibility index (Phi) is 5.51. The number of benzene rings is 2. The van der Waals surface area contributed by atoms with E-state index in [-0.39, 0.29) is 12.0 Å². The van der Waals surface area contributed by atoms with Crippen molar-refractivity contribution in [2.45, 2.75) is 11.7 Å². The number of hydrogen-bond acceptors (Lipinski definition) is 6. The summed E-state index contributed by atoms with van der Waals surface area (Å²) in [6.45, 7) is 0.109. The zero-order valence-corrected chi connectivity index (χ0v) is 13.6. The lowest BCUT2D eigenvalue weighted by molar-refractivity contribution is -0.103. The van der Waals surface area contributed by atoms with E-state index in [4.69, 9.17) is 14.2 Å². The maximum absolute atomic E-state index is 12.0. The maximum Gasteiger partial charge on any atom is 0.340 e. The van der Waals surface area contributed by atoms with Gasteiger partial charge in [0.2, 0.25) is 6.29 Å². The first-order valence-corrected chi connectivity index (χ1v) is 8.52. The summed E-state index contributed by atoms with van der Waals surface area (Å²) in [5, 5.41) is 0. The summed E-state index contributed by atoms with van der Waals surface area (Å²) in [5.41, 5.74) is 0.629. The summed E-state index contributed by atoms with van der Waals surface area (Å²) < 4.78 is 16.1. The first kappa shape index (κ1) is 16.5. The highest BCUT2D eigenvalue weighted by Gasteiger charge is 2.30. The van der Waals surface area contributed by atoms with Gasteiger partial charge >= 0.3 is 11.9 Å². The van der Waals surface area contributed by atoms with E-state index in [0.29, 0.717) is 16.9 Å². The third-order valence-electron chi connectivity index (χ3n) is 3.33. The molecule has 1 saturated heterocycles. The van der Waals surface area contributed by atoms with E-state index in [1.54, 1.807) is 48.5 Å².